The van der Waals surface area contributed by atoms with E-state index in [-0.39, 0.29) is 17.2 Å². The Kier molecular flexibility index (Phi) is 7.32. The summed E-state index contributed by atoms with van der Waals surface area (Å²) in [5.41, 5.74) is 3.72. The van der Waals surface area contributed by atoms with Gasteiger partial charge in [0, 0.05) is 23.6 Å². The summed E-state index contributed by atoms with van der Waals surface area (Å²) in [5, 5.41) is 22.6. The third kappa shape index (κ3) is 4.88. The number of carboxylic acids is 1. The molecule has 1 N–H and O–H groups in total. The first kappa shape index (κ1) is 30.8. The maximum atomic E-state index is 14.4. The molecule has 7 rings (SSSR count). The minimum absolute atomic E-state index is 0.231. The van der Waals surface area contributed by atoms with Crippen molar-refractivity contribution in [3.63, 3.8) is 0 Å². The molecule has 3 unspecified atom stereocenters. The zero-order valence-electron chi connectivity index (χ0n) is 25.7. The number of hydrogen-bond donors (Lipinski definition) is 1. The van der Waals surface area contributed by atoms with Gasteiger partial charge in [0.2, 0.25) is 5.82 Å². The van der Waals surface area contributed by atoms with E-state index in [1.807, 2.05) is 43.3 Å². The van der Waals surface area contributed by atoms with E-state index in [9.17, 15) is 33.1 Å². The Balaban J connectivity index is 1.66. The minimum Gasteiger partial charge on any atom is -0.475 e. The summed E-state index contributed by atoms with van der Waals surface area (Å²) in [6.07, 6.45) is -3.22. The predicted molar refractivity (Wildman–Crippen MR) is 175 cm³/mol. The number of alkyl halides is 3. The molecule has 1 aliphatic carbocycles. The van der Waals surface area contributed by atoms with Crippen LogP contribution >= 0.6 is 0 Å². The number of halogens is 3. The standard InChI is InChI=1S/C39H26F3N3O3/c1-20-26-8-3-4-9-27(26)28-14-15-29-33(24-6-5-7-25(18-24)39(40,41)42)36(46)21(2)31(23-12-10-22(19-43)11-13-23)35(29)34(28)32(20)30-16-17-44-37(45-30)38(47)48/h3-18,21,31,33H,1-2H3,(H,47,48). The van der Waals surface area contributed by atoms with Gasteiger partial charge in [-0.05, 0) is 80.6 Å². The first-order chi connectivity index (χ1) is 23.0. The number of carbonyl (C=O) groups is 2. The van der Waals surface area contributed by atoms with Crippen molar-refractivity contribution >= 4 is 33.3 Å². The maximum absolute atomic E-state index is 14.4. The van der Waals surface area contributed by atoms with Crippen LogP contribution in [0.15, 0.2) is 97.2 Å². The van der Waals surface area contributed by atoms with E-state index < -0.39 is 35.5 Å². The molecule has 0 saturated carbocycles. The summed E-state index contributed by atoms with van der Waals surface area (Å²) in [5.74, 6) is -4.14. The molecule has 0 fully saturated rings. The van der Waals surface area contributed by atoms with Crippen LogP contribution in [0.3, 0.4) is 0 Å². The number of nitrogens with zero attached hydrogens (tertiary/aromatic N) is 3. The van der Waals surface area contributed by atoms with E-state index in [4.69, 9.17) is 0 Å². The number of aryl methyl sites for hydroxylation is 1. The number of rotatable bonds is 4. The van der Waals surface area contributed by atoms with Crippen LogP contribution < -0.4 is 0 Å². The van der Waals surface area contributed by atoms with Gasteiger partial charge in [-0.1, -0.05) is 73.7 Å². The van der Waals surface area contributed by atoms with Gasteiger partial charge in [0.1, 0.15) is 5.78 Å². The molecule has 0 aliphatic heterocycles. The number of nitriles is 1. The highest BCUT2D eigenvalue weighted by Crippen LogP contribution is 2.52. The highest BCUT2D eigenvalue weighted by atomic mass is 19.4. The van der Waals surface area contributed by atoms with E-state index in [2.05, 4.69) is 16.0 Å². The van der Waals surface area contributed by atoms with Crippen LogP contribution in [0.5, 0.6) is 0 Å². The predicted octanol–water partition coefficient (Wildman–Crippen LogP) is 8.83. The van der Waals surface area contributed by atoms with E-state index >= 15 is 0 Å². The van der Waals surface area contributed by atoms with E-state index in [0.717, 1.165) is 50.4 Å². The lowest BCUT2D eigenvalue weighted by molar-refractivity contribution is -0.137. The molecule has 0 radical (unpaired) electrons. The number of benzene rings is 5. The lowest BCUT2D eigenvalue weighted by atomic mass is 9.64. The fourth-order valence-electron chi connectivity index (χ4n) is 7.29. The second-order valence-corrected chi connectivity index (χ2v) is 12.1. The lowest BCUT2D eigenvalue weighted by Gasteiger charge is -2.38. The molecule has 9 heteroatoms. The average Bonchev–Trinajstić information content (AvgIpc) is 3.09. The highest BCUT2D eigenvalue weighted by molar-refractivity contribution is 6.18. The fourth-order valence-corrected chi connectivity index (χ4v) is 7.29. The zero-order valence-corrected chi connectivity index (χ0v) is 25.7. The molecule has 6 aromatic rings. The summed E-state index contributed by atoms with van der Waals surface area (Å²) >= 11 is 0. The Morgan fingerprint density at radius 2 is 1.62 bits per heavy atom. The van der Waals surface area contributed by atoms with Crippen LogP contribution in [0, 0.1) is 24.2 Å². The Morgan fingerprint density at radius 1 is 0.896 bits per heavy atom. The van der Waals surface area contributed by atoms with Gasteiger partial charge in [-0.25, -0.2) is 14.8 Å². The van der Waals surface area contributed by atoms with Crippen LogP contribution in [0.4, 0.5) is 13.2 Å². The quantitative estimate of drug-likeness (QED) is 0.193. The van der Waals surface area contributed by atoms with Crippen molar-refractivity contribution in [3.8, 4) is 17.3 Å². The summed E-state index contributed by atoms with van der Waals surface area (Å²) in [4.78, 5) is 34.8. The first-order valence-electron chi connectivity index (χ1n) is 15.2. The molecule has 0 spiro atoms. The number of fused-ring (bicyclic) bond motifs is 5. The van der Waals surface area contributed by atoms with Crippen LogP contribution in [-0.2, 0) is 11.0 Å². The molecule has 1 heterocycles. The summed E-state index contributed by atoms with van der Waals surface area (Å²) in [6.45, 7) is 3.71. The Hall–Kier alpha value is -5.88. The number of ketones is 1. The van der Waals surface area contributed by atoms with Crippen molar-refractivity contribution in [1.82, 2.24) is 9.97 Å². The van der Waals surface area contributed by atoms with Crippen LogP contribution in [0.2, 0.25) is 0 Å². The summed E-state index contributed by atoms with van der Waals surface area (Å²) in [7, 11) is 0. The molecule has 0 saturated heterocycles. The van der Waals surface area contributed by atoms with Gasteiger partial charge in [0.25, 0.3) is 0 Å². The number of hydrogen-bond acceptors (Lipinski definition) is 5. The molecule has 6 nitrogen and oxygen atoms in total. The second kappa shape index (κ2) is 11.4. The number of aromatic carboxylic acids is 1. The topological polar surface area (TPSA) is 104 Å². The van der Waals surface area contributed by atoms with Gasteiger partial charge in [-0.3, -0.25) is 4.79 Å². The molecule has 0 bridgehead atoms. The van der Waals surface area contributed by atoms with Crippen molar-refractivity contribution < 1.29 is 27.9 Å². The molecule has 3 atom stereocenters. The number of carbonyl (C=O) groups excluding carboxylic acids is 1. The second-order valence-electron chi connectivity index (χ2n) is 12.1. The number of Topliss-reactive ketones (excluding diaryl/α,β-unsaturated/α-hetero) is 1. The molecule has 1 aromatic heterocycles. The summed E-state index contributed by atoms with van der Waals surface area (Å²) < 4.78 is 41.8. The Morgan fingerprint density at radius 3 is 2.31 bits per heavy atom. The van der Waals surface area contributed by atoms with Crippen molar-refractivity contribution in [2.75, 3.05) is 0 Å². The normalized spacial score (nSPS) is 17.7. The third-order valence-corrected chi connectivity index (χ3v) is 9.43. The van der Waals surface area contributed by atoms with Crippen LogP contribution in [0.1, 0.15) is 68.3 Å². The fraction of sp³-hybridized carbons (Fsp3) is 0.154. The number of carboxylic acid groups (broad SMARTS) is 1. The van der Waals surface area contributed by atoms with E-state index in [1.165, 1.54) is 12.3 Å². The SMILES string of the molecule is Cc1c(-c2ccnc(C(=O)O)n2)c2c3c(ccc2c2ccccc12)C(c1cccc(C(F)(F)F)c1)C(=O)C(C)C3c1ccc(C#N)cc1. The highest BCUT2D eigenvalue weighted by Gasteiger charge is 2.43. The molecule has 1 aliphatic rings. The van der Waals surface area contributed by atoms with Gasteiger partial charge in [0.05, 0.1) is 28.8 Å². The third-order valence-electron chi connectivity index (χ3n) is 9.43. The van der Waals surface area contributed by atoms with Gasteiger partial charge in [0.15, 0.2) is 0 Å². The average molecular weight is 642 g/mol. The van der Waals surface area contributed by atoms with Gasteiger partial charge >= 0.3 is 12.1 Å². The van der Waals surface area contributed by atoms with Crippen molar-refractivity contribution in [3.05, 3.63) is 142 Å². The largest absolute Gasteiger partial charge is 0.475 e. The zero-order chi connectivity index (χ0) is 33.9. The van der Waals surface area contributed by atoms with Crippen molar-refractivity contribution in [2.45, 2.75) is 31.9 Å². The van der Waals surface area contributed by atoms with Gasteiger partial charge < -0.3 is 5.11 Å². The Labute approximate surface area is 273 Å². The monoisotopic (exact) mass is 641 g/mol. The number of aromatic nitrogens is 2. The van der Waals surface area contributed by atoms with Crippen molar-refractivity contribution in [1.29, 1.82) is 5.26 Å². The van der Waals surface area contributed by atoms with E-state index in [0.29, 0.717) is 22.4 Å². The molecule has 0 amide bonds. The molecule has 236 valence electrons. The van der Waals surface area contributed by atoms with Gasteiger partial charge in [-0.15, -0.1) is 0 Å². The first-order valence-corrected chi connectivity index (χ1v) is 15.2. The van der Waals surface area contributed by atoms with Gasteiger partial charge in [-0.2, -0.15) is 18.4 Å². The maximum Gasteiger partial charge on any atom is 0.416 e. The van der Waals surface area contributed by atoms with Crippen LogP contribution in [-0.4, -0.2) is 26.8 Å². The lowest BCUT2D eigenvalue weighted by Crippen LogP contribution is -2.33. The van der Waals surface area contributed by atoms with Crippen molar-refractivity contribution in [2.24, 2.45) is 5.92 Å². The Bertz CT molecular complexity index is 2340. The summed E-state index contributed by atoms with van der Waals surface area (Å²) in [6, 6.07) is 27.2. The molecular weight excluding hydrogens is 615 g/mol. The molecule has 48 heavy (non-hydrogen) atoms. The molecular formula is C39H26F3N3O3. The smallest absolute Gasteiger partial charge is 0.416 e. The minimum atomic E-state index is -4.60. The van der Waals surface area contributed by atoms with E-state index in [1.54, 1.807) is 43.3 Å². The van der Waals surface area contributed by atoms with Crippen LogP contribution in [0.25, 0.3) is 32.8 Å². The molecule has 5 aromatic carbocycles.